The molecule has 33 heavy (non-hydrogen) atoms. The SMILES string of the molecule is Oc1ccc2c(Cc3ccc(O)c(O)c3)c(-c3ccc(OCCN4CCCC4)cc3)sc2c1. The Bertz CT molecular complexity index is 1260. The van der Waals surface area contributed by atoms with Gasteiger partial charge in [0.05, 0.1) is 0 Å². The second kappa shape index (κ2) is 9.33. The molecule has 1 fully saturated rings. The fourth-order valence-corrected chi connectivity index (χ4v) is 5.69. The Balaban J connectivity index is 1.41. The number of likely N-dealkylation sites (tertiary alicyclic amines) is 1. The molecule has 1 aromatic heterocycles. The number of phenolic OH excluding ortho intramolecular Hbond substituents is 3. The van der Waals surface area contributed by atoms with Gasteiger partial charge in [0.25, 0.3) is 0 Å². The minimum absolute atomic E-state index is 0.123. The molecule has 2 heterocycles. The van der Waals surface area contributed by atoms with E-state index in [0.717, 1.165) is 43.9 Å². The highest BCUT2D eigenvalue weighted by Gasteiger charge is 2.16. The largest absolute Gasteiger partial charge is 0.508 e. The van der Waals surface area contributed by atoms with Gasteiger partial charge in [0, 0.05) is 16.1 Å². The van der Waals surface area contributed by atoms with Crippen molar-refractivity contribution in [2.45, 2.75) is 19.3 Å². The van der Waals surface area contributed by atoms with E-state index in [1.165, 1.54) is 32.0 Å². The van der Waals surface area contributed by atoms with Crippen molar-refractivity contribution in [2.75, 3.05) is 26.2 Å². The van der Waals surface area contributed by atoms with Crippen LogP contribution in [-0.2, 0) is 6.42 Å². The Morgan fingerprint density at radius 2 is 1.64 bits per heavy atom. The summed E-state index contributed by atoms with van der Waals surface area (Å²) in [6.07, 6.45) is 3.17. The van der Waals surface area contributed by atoms with Crippen molar-refractivity contribution in [3.05, 3.63) is 71.8 Å². The smallest absolute Gasteiger partial charge is 0.157 e. The van der Waals surface area contributed by atoms with Gasteiger partial charge >= 0.3 is 0 Å². The molecule has 5 rings (SSSR count). The number of nitrogens with zero attached hydrogens (tertiary/aromatic N) is 1. The van der Waals surface area contributed by atoms with Crippen LogP contribution in [0.25, 0.3) is 20.5 Å². The number of thiophene rings is 1. The van der Waals surface area contributed by atoms with E-state index in [9.17, 15) is 15.3 Å². The summed E-state index contributed by atoms with van der Waals surface area (Å²) in [7, 11) is 0. The van der Waals surface area contributed by atoms with Crippen molar-refractivity contribution >= 4 is 21.4 Å². The van der Waals surface area contributed by atoms with Crippen LogP contribution < -0.4 is 4.74 Å². The fraction of sp³-hybridized carbons (Fsp3) is 0.259. The molecule has 3 N–H and O–H groups in total. The van der Waals surface area contributed by atoms with Gasteiger partial charge in [-0.3, -0.25) is 4.90 Å². The molecule has 170 valence electrons. The molecule has 0 radical (unpaired) electrons. The Morgan fingerprint density at radius 1 is 0.848 bits per heavy atom. The van der Waals surface area contributed by atoms with Crippen LogP contribution in [0.2, 0.25) is 0 Å². The molecule has 1 saturated heterocycles. The van der Waals surface area contributed by atoms with E-state index >= 15 is 0 Å². The van der Waals surface area contributed by atoms with Crippen molar-refractivity contribution < 1.29 is 20.1 Å². The minimum atomic E-state index is -0.126. The third-order valence-corrected chi connectivity index (χ3v) is 7.43. The van der Waals surface area contributed by atoms with Crippen molar-refractivity contribution in [3.8, 4) is 33.4 Å². The van der Waals surface area contributed by atoms with E-state index in [-0.39, 0.29) is 17.2 Å². The lowest BCUT2D eigenvalue weighted by atomic mass is 9.98. The zero-order valence-corrected chi connectivity index (χ0v) is 19.1. The van der Waals surface area contributed by atoms with E-state index in [1.54, 1.807) is 29.5 Å². The topological polar surface area (TPSA) is 73.2 Å². The number of hydrogen-bond donors (Lipinski definition) is 3. The molecule has 0 spiro atoms. The van der Waals surface area contributed by atoms with Crippen molar-refractivity contribution in [2.24, 2.45) is 0 Å². The van der Waals surface area contributed by atoms with Gasteiger partial charge in [-0.05, 0) is 109 Å². The average molecular weight is 462 g/mol. The maximum absolute atomic E-state index is 9.98. The molecular weight excluding hydrogens is 434 g/mol. The predicted octanol–water partition coefficient (Wildman–Crippen LogP) is 5.75. The summed E-state index contributed by atoms with van der Waals surface area (Å²) in [5.41, 5.74) is 3.12. The Morgan fingerprint density at radius 3 is 2.39 bits per heavy atom. The molecule has 0 atom stereocenters. The third kappa shape index (κ3) is 4.77. The second-order valence-corrected chi connectivity index (χ2v) is 9.56. The summed E-state index contributed by atoms with van der Waals surface area (Å²) in [4.78, 5) is 3.56. The van der Waals surface area contributed by atoms with E-state index < -0.39 is 0 Å². The lowest BCUT2D eigenvalue weighted by molar-refractivity contribution is 0.238. The number of fused-ring (bicyclic) bond motifs is 1. The molecule has 5 nitrogen and oxygen atoms in total. The first-order valence-corrected chi connectivity index (χ1v) is 12.1. The van der Waals surface area contributed by atoms with E-state index in [1.807, 2.05) is 24.3 Å². The molecule has 0 bridgehead atoms. The first kappa shape index (κ1) is 21.6. The van der Waals surface area contributed by atoms with Gasteiger partial charge in [-0.15, -0.1) is 11.3 Å². The number of hydrogen-bond acceptors (Lipinski definition) is 6. The number of benzene rings is 3. The van der Waals surface area contributed by atoms with Crippen molar-refractivity contribution in [3.63, 3.8) is 0 Å². The van der Waals surface area contributed by atoms with Gasteiger partial charge in [0.2, 0.25) is 0 Å². The summed E-state index contributed by atoms with van der Waals surface area (Å²) in [5, 5.41) is 30.7. The first-order valence-electron chi connectivity index (χ1n) is 11.3. The maximum Gasteiger partial charge on any atom is 0.157 e. The molecule has 0 aliphatic carbocycles. The van der Waals surface area contributed by atoms with Crippen LogP contribution in [0.1, 0.15) is 24.0 Å². The average Bonchev–Trinajstić information content (AvgIpc) is 3.45. The predicted molar refractivity (Wildman–Crippen MR) is 133 cm³/mol. The minimum Gasteiger partial charge on any atom is -0.508 e. The number of rotatable bonds is 7. The molecule has 1 aliphatic heterocycles. The zero-order chi connectivity index (χ0) is 22.8. The molecule has 1 aliphatic rings. The highest BCUT2D eigenvalue weighted by atomic mass is 32.1. The summed E-state index contributed by atoms with van der Waals surface area (Å²) in [5.74, 6) is 0.855. The van der Waals surface area contributed by atoms with Crippen LogP contribution >= 0.6 is 11.3 Å². The van der Waals surface area contributed by atoms with Gasteiger partial charge in [-0.25, -0.2) is 0 Å². The maximum atomic E-state index is 9.98. The van der Waals surface area contributed by atoms with Crippen molar-refractivity contribution in [1.82, 2.24) is 4.90 Å². The highest BCUT2D eigenvalue weighted by molar-refractivity contribution is 7.22. The quantitative estimate of drug-likeness (QED) is 0.306. The Labute approximate surface area is 197 Å². The fourth-order valence-electron chi connectivity index (χ4n) is 4.43. The van der Waals surface area contributed by atoms with Crippen LogP contribution in [0.5, 0.6) is 23.0 Å². The van der Waals surface area contributed by atoms with Crippen LogP contribution in [0, 0.1) is 0 Å². The zero-order valence-electron chi connectivity index (χ0n) is 18.3. The van der Waals surface area contributed by atoms with Crippen LogP contribution in [-0.4, -0.2) is 46.5 Å². The van der Waals surface area contributed by atoms with Crippen molar-refractivity contribution in [1.29, 1.82) is 0 Å². The molecule has 0 unspecified atom stereocenters. The van der Waals surface area contributed by atoms with Gasteiger partial charge in [-0.1, -0.05) is 6.07 Å². The second-order valence-electron chi connectivity index (χ2n) is 8.51. The van der Waals surface area contributed by atoms with E-state index in [4.69, 9.17) is 4.74 Å². The van der Waals surface area contributed by atoms with E-state index in [0.29, 0.717) is 13.0 Å². The first-order chi connectivity index (χ1) is 16.1. The monoisotopic (exact) mass is 461 g/mol. The molecule has 3 aromatic carbocycles. The van der Waals surface area contributed by atoms with Crippen LogP contribution in [0.15, 0.2) is 60.7 Å². The molecule has 0 amide bonds. The number of ether oxygens (including phenoxy) is 1. The highest BCUT2D eigenvalue weighted by Crippen LogP contribution is 2.42. The van der Waals surface area contributed by atoms with Gasteiger partial charge in [-0.2, -0.15) is 0 Å². The Hall–Kier alpha value is -3.22. The van der Waals surface area contributed by atoms with Gasteiger partial charge in [0.1, 0.15) is 18.1 Å². The number of aromatic hydroxyl groups is 3. The third-order valence-electron chi connectivity index (χ3n) is 6.19. The number of phenols is 3. The lowest BCUT2D eigenvalue weighted by Crippen LogP contribution is -2.25. The normalized spacial score (nSPS) is 14.2. The molecule has 6 heteroatoms. The summed E-state index contributed by atoms with van der Waals surface area (Å²) < 4.78 is 6.97. The van der Waals surface area contributed by atoms with Crippen LogP contribution in [0.3, 0.4) is 0 Å². The van der Waals surface area contributed by atoms with Crippen LogP contribution in [0.4, 0.5) is 0 Å². The molecular formula is C27H27NO4S. The molecule has 0 saturated carbocycles. The summed E-state index contributed by atoms with van der Waals surface area (Å²) >= 11 is 1.64. The standard InChI is InChI=1S/C27H27NO4S/c29-20-6-9-22-23(15-18-3-10-24(30)25(31)16-18)27(33-26(22)17-20)19-4-7-21(8-5-19)32-14-13-28-11-1-2-12-28/h3-10,16-17,29-31H,1-2,11-15H2. The lowest BCUT2D eigenvalue weighted by Gasteiger charge is -2.15. The summed E-state index contributed by atoms with van der Waals surface area (Å²) in [6, 6.07) is 18.5. The van der Waals surface area contributed by atoms with Gasteiger partial charge < -0.3 is 20.1 Å². The van der Waals surface area contributed by atoms with Gasteiger partial charge in [0.15, 0.2) is 11.5 Å². The summed E-state index contributed by atoms with van der Waals surface area (Å²) in [6.45, 7) is 4.00. The molecule has 4 aromatic rings. The Kier molecular flexibility index (Phi) is 6.11. The van der Waals surface area contributed by atoms with E-state index in [2.05, 4.69) is 17.0 Å².